The van der Waals surface area contributed by atoms with Crippen LogP contribution in [0.1, 0.15) is 25.6 Å². The van der Waals surface area contributed by atoms with E-state index in [-0.39, 0.29) is 24.4 Å². The molecule has 2 aliphatic rings. The van der Waals surface area contributed by atoms with Crippen LogP contribution in [0.3, 0.4) is 0 Å². The Balaban J connectivity index is 0.00000147. The quantitative estimate of drug-likeness (QED) is 0.865. The average Bonchev–Trinajstić information content (AvgIpc) is 2.94. The minimum atomic E-state index is -3.42. The van der Waals surface area contributed by atoms with Crippen LogP contribution in [-0.2, 0) is 23.0 Å². The number of sulfonamides is 1. The zero-order valence-electron chi connectivity index (χ0n) is 11.5. The van der Waals surface area contributed by atoms with E-state index in [1.807, 2.05) is 11.5 Å². The second-order valence-electron chi connectivity index (χ2n) is 5.56. The van der Waals surface area contributed by atoms with E-state index < -0.39 is 10.0 Å². The number of piperidine rings is 1. The van der Waals surface area contributed by atoms with E-state index in [9.17, 15) is 8.42 Å². The molecule has 3 rings (SSSR count). The summed E-state index contributed by atoms with van der Waals surface area (Å²) in [6, 6.07) is 0.0996. The number of imidazole rings is 1. The van der Waals surface area contributed by atoms with E-state index in [0.29, 0.717) is 18.1 Å². The average molecular weight is 321 g/mol. The first-order valence-electron chi connectivity index (χ1n) is 6.80. The maximum absolute atomic E-state index is 12.7. The van der Waals surface area contributed by atoms with E-state index in [1.165, 1.54) is 6.20 Å². The molecule has 0 spiro atoms. The van der Waals surface area contributed by atoms with Crippen LogP contribution in [0, 0.1) is 5.92 Å². The molecule has 3 heterocycles. The van der Waals surface area contributed by atoms with Crippen LogP contribution in [-0.4, -0.2) is 41.4 Å². The van der Waals surface area contributed by atoms with Gasteiger partial charge in [0.2, 0.25) is 0 Å². The highest BCUT2D eigenvalue weighted by Crippen LogP contribution is 2.26. The topological polar surface area (TPSA) is 81.2 Å². The van der Waals surface area contributed by atoms with Crippen molar-refractivity contribution in [2.24, 2.45) is 11.7 Å². The molecule has 114 valence electrons. The van der Waals surface area contributed by atoms with Crippen LogP contribution in [0.5, 0.6) is 0 Å². The molecule has 1 aromatic heterocycles. The maximum Gasteiger partial charge on any atom is 0.260 e. The third kappa shape index (κ3) is 2.47. The molecule has 0 saturated carbocycles. The predicted molar refractivity (Wildman–Crippen MR) is 78.3 cm³/mol. The second kappa shape index (κ2) is 5.63. The van der Waals surface area contributed by atoms with Crippen molar-refractivity contribution in [1.82, 2.24) is 13.9 Å². The summed E-state index contributed by atoms with van der Waals surface area (Å²) in [6.07, 6.45) is 4.08. The molecule has 2 unspecified atom stereocenters. The molecule has 8 heteroatoms. The number of rotatable bonds is 2. The Morgan fingerprint density at radius 1 is 1.40 bits per heavy atom. The van der Waals surface area contributed by atoms with Crippen LogP contribution >= 0.6 is 12.4 Å². The monoisotopic (exact) mass is 320 g/mol. The van der Waals surface area contributed by atoms with Crippen LogP contribution in [0.25, 0.3) is 0 Å². The van der Waals surface area contributed by atoms with Crippen molar-refractivity contribution in [3.63, 3.8) is 0 Å². The van der Waals surface area contributed by atoms with Crippen molar-refractivity contribution in [2.75, 3.05) is 13.1 Å². The molecule has 2 atom stereocenters. The Labute approximate surface area is 125 Å². The van der Waals surface area contributed by atoms with Crippen LogP contribution in [0.2, 0.25) is 0 Å². The van der Waals surface area contributed by atoms with Gasteiger partial charge in [0.15, 0.2) is 5.03 Å². The lowest BCUT2D eigenvalue weighted by Crippen LogP contribution is -2.48. The summed E-state index contributed by atoms with van der Waals surface area (Å²) in [5.41, 5.74) is 5.95. The predicted octanol–water partition coefficient (Wildman–Crippen LogP) is 0.609. The molecule has 2 aliphatic heterocycles. The maximum atomic E-state index is 12.7. The first kappa shape index (κ1) is 15.8. The van der Waals surface area contributed by atoms with Crippen LogP contribution < -0.4 is 5.73 Å². The Kier molecular flexibility index (Phi) is 4.44. The lowest BCUT2D eigenvalue weighted by Gasteiger charge is -2.34. The number of halogens is 1. The first-order chi connectivity index (χ1) is 9.00. The minimum Gasteiger partial charge on any atom is -0.327 e. The largest absolute Gasteiger partial charge is 0.327 e. The van der Waals surface area contributed by atoms with Gasteiger partial charge >= 0.3 is 0 Å². The number of aryl methyl sites for hydroxylation is 1. The third-order valence-electron chi connectivity index (χ3n) is 4.22. The SMILES string of the molecule is CC1CN(S(=O)(=O)c2cnc3n2CCC3)CCC1N.Cl. The standard InChI is InChI=1S/C12H20N4O2S.ClH/c1-9-8-15(6-4-10(9)13)19(17,18)12-7-14-11-3-2-5-16(11)12;/h7,9-10H,2-6,8,13H2,1H3;1H. The molecule has 6 nitrogen and oxygen atoms in total. The lowest BCUT2D eigenvalue weighted by molar-refractivity contribution is 0.249. The molecule has 1 aromatic rings. The Morgan fingerprint density at radius 2 is 2.15 bits per heavy atom. The van der Waals surface area contributed by atoms with E-state index in [0.717, 1.165) is 31.6 Å². The number of nitrogens with zero attached hydrogens (tertiary/aromatic N) is 3. The highest BCUT2D eigenvalue weighted by Gasteiger charge is 2.35. The fraction of sp³-hybridized carbons (Fsp3) is 0.750. The van der Waals surface area contributed by atoms with Gasteiger partial charge in [0.1, 0.15) is 5.82 Å². The zero-order valence-corrected chi connectivity index (χ0v) is 13.2. The highest BCUT2D eigenvalue weighted by molar-refractivity contribution is 7.89. The summed E-state index contributed by atoms with van der Waals surface area (Å²) >= 11 is 0. The number of hydrogen-bond donors (Lipinski definition) is 1. The Hall–Kier alpha value is -0.630. The van der Waals surface area contributed by atoms with Gasteiger partial charge in [-0.25, -0.2) is 13.4 Å². The Morgan fingerprint density at radius 3 is 2.85 bits per heavy atom. The van der Waals surface area contributed by atoms with Crippen molar-refractivity contribution < 1.29 is 8.42 Å². The van der Waals surface area contributed by atoms with Gasteiger partial charge in [0.25, 0.3) is 10.0 Å². The van der Waals surface area contributed by atoms with Crippen LogP contribution in [0.15, 0.2) is 11.2 Å². The van der Waals surface area contributed by atoms with Crippen molar-refractivity contribution in [1.29, 1.82) is 0 Å². The van der Waals surface area contributed by atoms with Crippen molar-refractivity contribution in [2.45, 2.75) is 43.8 Å². The molecular weight excluding hydrogens is 300 g/mol. The molecule has 20 heavy (non-hydrogen) atoms. The summed E-state index contributed by atoms with van der Waals surface area (Å²) < 4.78 is 28.8. The van der Waals surface area contributed by atoms with Gasteiger partial charge in [-0.1, -0.05) is 6.92 Å². The molecule has 0 amide bonds. The van der Waals surface area contributed by atoms with E-state index in [1.54, 1.807) is 4.31 Å². The first-order valence-corrected chi connectivity index (χ1v) is 8.24. The number of aromatic nitrogens is 2. The van der Waals surface area contributed by atoms with Gasteiger partial charge < -0.3 is 10.3 Å². The normalized spacial score (nSPS) is 27.1. The molecule has 0 bridgehead atoms. The smallest absolute Gasteiger partial charge is 0.260 e. The summed E-state index contributed by atoms with van der Waals surface area (Å²) in [6.45, 7) is 3.78. The van der Waals surface area contributed by atoms with Gasteiger partial charge in [0, 0.05) is 32.1 Å². The summed E-state index contributed by atoms with van der Waals surface area (Å²) in [7, 11) is -3.42. The Bertz CT molecular complexity index is 586. The van der Waals surface area contributed by atoms with E-state index in [4.69, 9.17) is 5.73 Å². The van der Waals surface area contributed by atoms with Crippen molar-refractivity contribution in [3.8, 4) is 0 Å². The molecule has 2 N–H and O–H groups in total. The number of hydrogen-bond acceptors (Lipinski definition) is 4. The molecular formula is C12H21ClN4O2S. The number of fused-ring (bicyclic) bond motifs is 1. The minimum absolute atomic E-state index is 0. The van der Waals surface area contributed by atoms with Crippen molar-refractivity contribution in [3.05, 3.63) is 12.0 Å². The van der Waals surface area contributed by atoms with Gasteiger partial charge in [-0.3, -0.25) is 0 Å². The molecule has 1 fully saturated rings. The number of nitrogens with two attached hydrogens (primary N) is 1. The summed E-state index contributed by atoms with van der Waals surface area (Å²) in [5, 5.41) is 0.350. The molecule has 0 aliphatic carbocycles. The fourth-order valence-electron chi connectivity index (χ4n) is 2.91. The van der Waals surface area contributed by atoms with Crippen molar-refractivity contribution >= 4 is 22.4 Å². The lowest BCUT2D eigenvalue weighted by atomic mass is 9.96. The highest BCUT2D eigenvalue weighted by atomic mass is 35.5. The van der Waals surface area contributed by atoms with Crippen LogP contribution in [0.4, 0.5) is 0 Å². The summed E-state index contributed by atoms with van der Waals surface area (Å²) in [5.74, 6) is 1.09. The second-order valence-corrected chi connectivity index (χ2v) is 7.45. The van der Waals surface area contributed by atoms with E-state index >= 15 is 0 Å². The fourth-order valence-corrected chi connectivity index (χ4v) is 4.62. The summed E-state index contributed by atoms with van der Waals surface area (Å²) in [4.78, 5) is 4.22. The van der Waals surface area contributed by atoms with Gasteiger partial charge in [-0.15, -0.1) is 12.4 Å². The van der Waals surface area contributed by atoms with E-state index in [2.05, 4.69) is 4.98 Å². The molecule has 0 radical (unpaired) electrons. The third-order valence-corrected chi connectivity index (χ3v) is 6.09. The van der Waals surface area contributed by atoms with Gasteiger partial charge in [-0.2, -0.15) is 4.31 Å². The zero-order chi connectivity index (χ0) is 13.6. The molecule has 0 aromatic carbocycles. The molecule has 1 saturated heterocycles. The van der Waals surface area contributed by atoms with Gasteiger partial charge in [0.05, 0.1) is 6.20 Å². The van der Waals surface area contributed by atoms with Gasteiger partial charge in [-0.05, 0) is 18.8 Å².